The Labute approximate surface area is 196 Å². The number of fused-ring (bicyclic) bond motifs is 1. The highest BCUT2D eigenvalue weighted by atomic mass is 16.6. The maximum atomic E-state index is 13.4. The molecule has 1 saturated heterocycles. The number of carbonyl (C=O) groups excluding carboxylic acids is 2. The van der Waals surface area contributed by atoms with Gasteiger partial charge in [-0.05, 0) is 36.8 Å². The maximum absolute atomic E-state index is 13.4. The third-order valence-corrected chi connectivity index (χ3v) is 5.97. The van der Waals surface area contributed by atoms with Crippen LogP contribution in [0.15, 0.2) is 72.3 Å². The predicted octanol–water partition coefficient (Wildman–Crippen LogP) is 4.40. The Morgan fingerprint density at radius 3 is 2.44 bits per heavy atom. The number of anilines is 1. The van der Waals surface area contributed by atoms with E-state index in [1.165, 1.54) is 12.0 Å². The van der Waals surface area contributed by atoms with Crippen LogP contribution in [0, 0.1) is 6.92 Å². The Hall–Kier alpha value is -4.26. The molecule has 2 aliphatic rings. The number of ketones is 1. The van der Waals surface area contributed by atoms with Gasteiger partial charge in [-0.2, -0.15) is 0 Å². The summed E-state index contributed by atoms with van der Waals surface area (Å²) in [5.41, 5.74) is 2.37. The molecule has 1 amide bonds. The van der Waals surface area contributed by atoms with E-state index in [9.17, 15) is 14.7 Å². The molecule has 34 heavy (non-hydrogen) atoms. The SMILES string of the molecule is COc1ccc(C)cc1/C(O)=C1\C(=O)C(=O)N(c2ccc3c(c2)OCCO3)C1c1ccccc1. The number of aliphatic hydroxyl groups excluding tert-OH is 1. The molecule has 2 aliphatic heterocycles. The minimum absolute atomic E-state index is 0.00464. The Morgan fingerprint density at radius 1 is 0.971 bits per heavy atom. The van der Waals surface area contributed by atoms with E-state index in [4.69, 9.17) is 14.2 Å². The lowest BCUT2D eigenvalue weighted by Crippen LogP contribution is -2.29. The second-order valence-corrected chi connectivity index (χ2v) is 8.11. The average Bonchev–Trinajstić information content (AvgIpc) is 3.14. The van der Waals surface area contributed by atoms with Gasteiger partial charge in [0.25, 0.3) is 11.7 Å². The highest BCUT2D eigenvalue weighted by molar-refractivity contribution is 6.51. The third-order valence-electron chi connectivity index (χ3n) is 5.97. The van der Waals surface area contributed by atoms with Crippen molar-refractivity contribution in [3.05, 3.63) is 89.0 Å². The summed E-state index contributed by atoms with van der Waals surface area (Å²) in [5, 5.41) is 11.4. The summed E-state index contributed by atoms with van der Waals surface area (Å²) in [7, 11) is 1.49. The smallest absolute Gasteiger partial charge is 0.300 e. The number of hydrogen-bond acceptors (Lipinski definition) is 6. The molecule has 3 aromatic carbocycles. The molecule has 0 spiro atoms. The van der Waals surface area contributed by atoms with Gasteiger partial charge in [0.1, 0.15) is 24.7 Å². The number of carbonyl (C=O) groups is 2. The summed E-state index contributed by atoms with van der Waals surface area (Å²) < 4.78 is 16.7. The highest BCUT2D eigenvalue weighted by Crippen LogP contribution is 2.45. The number of benzene rings is 3. The van der Waals surface area contributed by atoms with E-state index in [-0.39, 0.29) is 11.3 Å². The number of aliphatic hydroxyl groups is 1. The number of rotatable bonds is 4. The van der Waals surface area contributed by atoms with Crippen LogP contribution < -0.4 is 19.1 Å². The molecule has 1 atom stereocenters. The molecule has 2 heterocycles. The molecule has 3 aromatic rings. The molecule has 0 aromatic heterocycles. The van der Waals surface area contributed by atoms with Crippen LogP contribution >= 0.6 is 0 Å². The van der Waals surface area contributed by atoms with Crippen LogP contribution in [0.1, 0.15) is 22.7 Å². The summed E-state index contributed by atoms with van der Waals surface area (Å²) in [4.78, 5) is 28.1. The zero-order chi connectivity index (χ0) is 23.8. The van der Waals surface area contributed by atoms with E-state index in [1.807, 2.05) is 43.3 Å². The molecule has 0 radical (unpaired) electrons. The van der Waals surface area contributed by atoms with Crippen molar-refractivity contribution in [1.29, 1.82) is 0 Å². The quantitative estimate of drug-likeness (QED) is 0.355. The minimum Gasteiger partial charge on any atom is -0.507 e. The molecule has 1 N–H and O–H groups in total. The van der Waals surface area contributed by atoms with E-state index < -0.39 is 17.7 Å². The Morgan fingerprint density at radius 2 is 1.71 bits per heavy atom. The fraction of sp³-hybridized carbons (Fsp3) is 0.185. The van der Waals surface area contributed by atoms with Gasteiger partial charge in [-0.25, -0.2) is 0 Å². The maximum Gasteiger partial charge on any atom is 0.300 e. The van der Waals surface area contributed by atoms with E-state index >= 15 is 0 Å². The number of amides is 1. The number of aryl methyl sites for hydroxylation is 1. The molecule has 0 saturated carbocycles. The van der Waals surface area contributed by atoms with Crippen LogP contribution in [0.2, 0.25) is 0 Å². The van der Waals surface area contributed by atoms with Crippen molar-refractivity contribution >= 4 is 23.1 Å². The zero-order valence-corrected chi connectivity index (χ0v) is 18.8. The lowest BCUT2D eigenvalue weighted by Gasteiger charge is -2.27. The van der Waals surface area contributed by atoms with Crippen molar-refractivity contribution in [2.24, 2.45) is 0 Å². The van der Waals surface area contributed by atoms with E-state index in [2.05, 4.69) is 0 Å². The number of Topliss-reactive ketones (excluding diaryl/α,β-unsaturated/α-hetero) is 1. The fourth-order valence-electron chi connectivity index (χ4n) is 4.38. The number of hydrogen-bond donors (Lipinski definition) is 1. The molecule has 0 aliphatic carbocycles. The van der Waals surface area contributed by atoms with Crippen molar-refractivity contribution in [1.82, 2.24) is 0 Å². The van der Waals surface area contributed by atoms with E-state index in [0.717, 1.165) is 5.56 Å². The molecular weight excluding hydrogens is 434 g/mol. The molecular formula is C27H23NO6. The summed E-state index contributed by atoms with van der Waals surface area (Å²) in [6.45, 7) is 2.71. The molecule has 0 bridgehead atoms. The van der Waals surface area contributed by atoms with Gasteiger partial charge in [0, 0.05) is 11.8 Å². The van der Waals surface area contributed by atoms with Crippen molar-refractivity contribution in [2.75, 3.05) is 25.2 Å². The van der Waals surface area contributed by atoms with Gasteiger partial charge in [-0.3, -0.25) is 14.5 Å². The topological polar surface area (TPSA) is 85.3 Å². The van der Waals surface area contributed by atoms with Gasteiger partial charge in [0.05, 0.1) is 24.3 Å². The third kappa shape index (κ3) is 3.55. The summed E-state index contributed by atoms with van der Waals surface area (Å²) in [5.74, 6) is -0.318. The second kappa shape index (κ2) is 8.59. The van der Waals surface area contributed by atoms with Gasteiger partial charge in [-0.1, -0.05) is 42.0 Å². The van der Waals surface area contributed by atoms with Gasteiger partial charge < -0.3 is 19.3 Å². The van der Waals surface area contributed by atoms with Crippen LogP contribution in [0.4, 0.5) is 5.69 Å². The van der Waals surface area contributed by atoms with Crippen LogP contribution in [-0.4, -0.2) is 37.1 Å². The standard InChI is InChI=1S/C27H23NO6/c1-16-8-10-20(32-2)19(14-16)25(29)23-24(17-6-4-3-5-7-17)28(27(31)26(23)30)18-9-11-21-22(15-18)34-13-12-33-21/h3-11,14-15,24,29H,12-13H2,1-2H3/b25-23+. The Bertz CT molecular complexity index is 1310. The van der Waals surface area contributed by atoms with Crippen molar-refractivity contribution < 1.29 is 28.9 Å². The lowest BCUT2D eigenvalue weighted by molar-refractivity contribution is -0.132. The number of ether oxygens (including phenoxy) is 3. The Balaban J connectivity index is 1.72. The molecule has 1 fully saturated rings. The Kier molecular flexibility index (Phi) is 5.45. The molecule has 7 heteroatoms. The molecule has 172 valence electrons. The first-order chi connectivity index (χ1) is 16.5. The van der Waals surface area contributed by atoms with Crippen molar-refractivity contribution in [3.63, 3.8) is 0 Å². The zero-order valence-electron chi connectivity index (χ0n) is 18.8. The highest BCUT2D eigenvalue weighted by Gasteiger charge is 2.47. The van der Waals surface area contributed by atoms with E-state index in [0.29, 0.717) is 47.3 Å². The first-order valence-electron chi connectivity index (χ1n) is 10.9. The normalized spacial score (nSPS) is 18.8. The molecule has 7 nitrogen and oxygen atoms in total. The largest absolute Gasteiger partial charge is 0.507 e. The van der Waals surface area contributed by atoms with Crippen LogP contribution in [0.5, 0.6) is 17.2 Å². The minimum atomic E-state index is -0.839. The number of methoxy groups -OCH3 is 1. The summed E-state index contributed by atoms with van der Waals surface area (Å²) in [6, 6.07) is 18.7. The first kappa shape index (κ1) is 21.6. The first-order valence-corrected chi connectivity index (χ1v) is 10.9. The summed E-state index contributed by atoms with van der Waals surface area (Å²) >= 11 is 0. The van der Waals surface area contributed by atoms with Crippen LogP contribution in [0.3, 0.4) is 0 Å². The van der Waals surface area contributed by atoms with Gasteiger partial charge in [0.15, 0.2) is 11.5 Å². The van der Waals surface area contributed by atoms with Gasteiger partial charge in [0.2, 0.25) is 0 Å². The van der Waals surface area contributed by atoms with Crippen LogP contribution in [0.25, 0.3) is 5.76 Å². The van der Waals surface area contributed by atoms with Gasteiger partial charge in [-0.15, -0.1) is 0 Å². The monoisotopic (exact) mass is 457 g/mol. The van der Waals surface area contributed by atoms with E-state index in [1.54, 1.807) is 30.3 Å². The van der Waals surface area contributed by atoms with Crippen molar-refractivity contribution in [2.45, 2.75) is 13.0 Å². The fourth-order valence-corrected chi connectivity index (χ4v) is 4.38. The number of nitrogens with zero attached hydrogens (tertiary/aromatic N) is 1. The molecule has 5 rings (SSSR count). The predicted molar refractivity (Wildman–Crippen MR) is 126 cm³/mol. The van der Waals surface area contributed by atoms with Gasteiger partial charge >= 0.3 is 0 Å². The average molecular weight is 457 g/mol. The molecule has 1 unspecified atom stereocenters. The summed E-state index contributed by atoms with van der Waals surface area (Å²) in [6.07, 6.45) is 0. The lowest BCUT2D eigenvalue weighted by atomic mass is 9.94. The van der Waals surface area contributed by atoms with Crippen molar-refractivity contribution in [3.8, 4) is 17.2 Å². The van der Waals surface area contributed by atoms with Crippen LogP contribution in [-0.2, 0) is 9.59 Å². The second-order valence-electron chi connectivity index (χ2n) is 8.11.